The average molecular weight is 429 g/mol. The molecule has 0 atom stereocenters. The van der Waals surface area contributed by atoms with Crippen molar-refractivity contribution in [1.29, 1.82) is 0 Å². The van der Waals surface area contributed by atoms with Gasteiger partial charge in [-0.2, -0.15) is 13.2 Å². The van der Waals surface area contributed by atoms with E-state index in [0.29, 0.717) is 19.0 Å². The number of guanidine groups is 1. The van der Waals surface area contributed by atoms with Crippen LogP contribution in [0.2, 0.25) is 0 Å². The van der Waals surface area contributed by atoms with E-state index in [1.807, 2.05) is 0 Å². The van der Waals surface area contributed by atoms with Crippen molar-refractivity contribution in [3.05, 3.63) is 45.9 Å². The number of rotatable bonds is 7. The molecule has 1 heterocycles. The van der Waals surface area contributed by atoms with E-state index in [2.05, 4.69) is 46.8 Å². The van der Waals surface area contributed by atoms with E-state index in [-0.39, 0.29) is 11.2 Å². The Kier molecular flexibility index (Phi) is 7.89. The fourth-order valence-electron chi connectivity index (χ4n) is 2.33. The first-order valence-corrected chi connectivity index (χ1v) is 10.1. The summed E-state index contributed by atoms with van der Waals surface area (Å²) in [4.78, 5) is 8.85. The molecule has 160 valence electrons. The van der Waals surface area contributed by atoms with E-state index in [9.17, 15) is 13.2 Å². The van der Waals surface area contributed by atoms with E-state index in [0.717, 1.165) is 22.7 Å². The van der Waals surface area contributed by atoms with Gasteiger partial charge in [-0.3, -0.25) is 4.99 Å². The number of nitrogens with zero attached hydrogens (tertiary/aromatic N) is 2. The monoisotopic (exact) mass is 428 g/mol. The molecule has 0 unspecified atom stereocenters. The van der Waals surface area contributed by atoms with Crippen LogP contribution < -0.4 is 15.4 Å². The van der Waals surface area contributed by atoms with E-state index in [4.69, 9.17) is 4.74 Å². The first-order chi connectivity index (χ1) is 13.6. The SMILES string of the molecule is CN=C(NCCc1nc(C(C)(C)C)cs1)NCc1ccc(OCC(F)(F)F)cc1. The number of aliphatic imine (C=N–C) groups is 1. The number of hydrogen-bond acceptors (Lipinski definition) is 4. The third kappa shape index (κ3) is 8.31. The first kappa shape index (κ1) is 23.0. The summed E-state index contributed by atoms with van der Waals surface area (Å²) in [6.45, 7) is 6.32. The topological polar surface area (TPSA) is 58.5 Å². The van der Waals surface area contributed by atoms with E-state index < -0.39 is 12.8 Å². The number of alkyl halides is 3. The molecular formula is C20H27F3N4OS. The van der Waals surface area contributed by atoms with E-state index in [1.165, 1.54) is 12.1 Å². The fraction of sp³-hybridized carbons (Fsp3) is 0.500. The molecule has 0 radical (unpaired) electrons. The van der Waals surface area contributed by atoms with Crippen LogP contribution in [0, 0.1) is 0 Å². The lowest BCUT2D eigenvalue weighted by Crippen LogP contribution is -2.37. The molecule has 9 heteroatoms. The predicted octanol–water partition coefficient (Wildman–Crippen LogP) is 4.29. The summed E-state index contributed by atoms with van der Waals surface area (Å²) in [5.74, 6) is 0.835. The Morgan fingerprint density at radius 1 is 1.14 bits per heavy atom. The van der Waals surface area contributed by atoms with E-state index in [1.54, 1.807) is 30.5 Å². The number of aromatic nitrogens is 1. The van der Waals surface area contributed by atoms with Crippen LogP contribution in [0.5, 0.6) is 5.75 Å². The third-order valence-electron chi connectivity index (χ3n) is 3.96. The minimum Gasteiger partial charge on any atom is -0.484 e. The van der Waals surface area contributed by atoms with Crippen molar-refractivity contribution < 1.29 is 17.9 Å². The lowest BCUT2D eigenvalue weighted by molar-refractivity contribution is -0.153. The summed E-state index contributed by atoms with van der Waals surface area (Å²) in [7, 11) is 1.69. The molecule has 0 amide bonds. The number of thiazole rings is 1. The Morgan fingerprint density at radius 3 is 2.38 bits per heavy atom. The van der Waals surface area contributed by atoms with Crippen molar-refractivity contribution in [3.8, 4) is 5.75 Å². The zero-order valence-corrected chi connectivity index (χ0v) is 17.9. The van der Waals surface area contributed by atoms with Gasteiger partial charge in [0.25, 0.3) is 0 Å². The lowest BCUT2D eigenvalue weighted by atomic mass is 9.93. The highest BCUT2D eigenvalue weighted by atomic mass is 32.1. The smallest absolute Gasteiger partial charge is 0.422 e. The number of nitrogens with one attached hydrogen (secondary N) is 2. The van der Waals surface area contributed by atoms with Gasteiger partial charge >= 0.3 is 6.18 Å². The van der Waals surface area contributed by atoms with Crippen LogP contribution >= 0.6 is 11.3 Å². The van der Waals surface area contributed by atoms with Gasteiger partial charge in [-0.25, -0.2) is 4.98 Å². The third-order valence-corrected chi connectivity index (χ3v) is 4.87. The predicted molar refractivity (Wildman–Crippen MR) is 111 cm³/mol. The normalized spacial score (nSPS) is 12.7. The van der Waals surface area contributed by atoms with Gasteiger partial charge in [-0.15, -0.1) is 11.3 Å². The Morgan fingerprint density at radius 2 is 1.83 bits per heavy atom. The van der Waals surface area contributed by atoms with E-state index >= 15 is 0 Å². The second-order valence-electron chi connectivity index (χ2n) is 7.53. The van der Waals surface area contributed by atoms with Crippen LogP contribution in [-0.4, -0.2) is 37.3 Å². The second-order valence-corrected chi connectivity index (χ2v) is 8.47. The maximum atomic E-state index is 12.2. The summed E-state index contributed by atoms with van der Waals surface area (Å²) in [5, 5.41) is 9.60. The molecule has 0 aliphatic heterocycles. The van der Waals surface area contributed by atoms with Gasteiger partial charge in [0.2, 0.25) is 0 Å². The molecular weight excluding hydrogens is 401 g/mol. The summed E-state index contributed by atoms with van der Waals surface area (Å²) in [6.07, 6.45) is -3.54. The van der Waals surface area contributed by atoms with Gasteiger partial charge in [0.05, 0.1) is 10.7 Å². The van der Waals surface area contributed by atoms with Crippen molar-refractivity contribution in [2.24, 2.45) is 4.99 Å². The first-order valence-electron chi connectivity index (χ1n) is 9.25. The van der Waals surface area contributed by atoms with Crippen LogP contribution in [0.15, 0.2) is 34.6 Å². The molecule has 0 saturated carbocycles. The van der Waals surface area contributed by atoms with Crippen molar-refractivity contribution in [2.75, 3.05) is 20.2 Å². The Labute approximate surface area is 173 Å². The maximum Gasteiger partial charge on any atom is 0.422 e. The molecule has 2 N–H and O–H groups in total. The molecule has 0 aliphatic rings. The van der Waals surface area contributed by atoms with Gasteiger partial charge in [0.1, 0.15) is 5.75 Å². The molecule has 1 aromatic heterocycles. The zero-order valence-electron chi connectivity index (χ0n) is 17.1. The molecule has 2 aromatic rings. The van der Waals surface area contributed by atoms with Crippen molar-refractivity contribution in [2.45, 2.75) is 45.3 Å². The van der Waals surface area contributed by atoms with Gasteiger partial charge in [-0.1, -0.05) is 32.9 Å². The summed E-state index contributed by atoms with van der Waals surface area (Å²) in [6, 6.07) is 6.48. The Balaban J connectivity index is 1.75. The largest absolute Gasteiger partial charge is 0.484 e. The average Bonchev–Trinajstić information content (AvgIpc) is 3.12. The molecule has 0 bridgehead atoms. The van der Waals surface area contributed by atoms with Crippen LogP contribution in [0.4, 0.5) is 13.2 Å². The van der Waals surface area contributed by atoms with Crippen molar-refractivity contribution >= 4 is 17.3 Å². The molecule has 0 saturated heterocycles. The van der Waals surface area contributed by atoms with Crippen LogP contribution in [0.25, 0.3) is 0 Å². The molecule has 1 aromatic carbocycles. The highest BCUT2D eigenvalue weighted by molar-refractivity contribution is 7.09. The van der Waals surface area contributed by atoms with Gasteiger partial charge < -0.3 is 15.4 Å². The number of hydrogen-bond donors (Lipinski definition) is 2. The molecule has 2 rings (SSSR count). The standard InChI is InChI=1S/C20H27F3N4OS/c1-19(2,3)16-12-29-17(27-16)9-10-25-18(24-4)26-11-14-5-7-15(8-6-14)28-13-20(21,22)23/h5-8,12H,9-11,13H2,1-4H3,(H2,24,25,26). The van der Waals surface area contributed by atoms with Gasteiger partial charge in [0.15, 0.2) is 12.6 Å². The van der Waals surface area contributed by atoms with Crippen LogP contribution in [0.3, 0.4) is 0 Å². The number of ether oxygens (including phenoxy) is 1. The minimum absolute atomic E-state index is 0.0487. The summed E-state index contributed by atoms with van der Waals surface area (Å²) < 4.78 is 41.2. The highest BCUT2D eigenvalue weighted by Crippen LogP contribution is 2.24. The number of halogens is 3. The maximum absolute atomic E-state index is 12.2. The number of benzene rings is 1. The molecule has 0 aliphatic carbocycles. The molecule has 29 heavy (non-hydrogen) atoms. The Bertz CT molecular complexity index is 795. The van der Waals surface area contributed by atoms with Crippen molar-refractivity contribution in [1.82, 2.24) is 15.6 Å². The lowest BCUT2D eigenvalue weighted by Gasteiger charge is -2.14. The summed E-state index contributed by atoms with van der Waals surface area (Å²) in [5.41, 5.74) is 2.05. The van der Waals surface area contributed by atoms with Gasteiger partial charge in [0, 0.05) is 37.4 Å². The summed E-state index contributed by atoms with van der Waals surface area (Å²) >= 11 is 1.66. The highest BCUT2D eigenvalue weighted by Gasteiger charge is 2.28. The second kappa shape index (κ2) is 9.96. The Hall–Kier alpha value is -2.29. The molecule has 0 fully saturated rings. The minimum atomic E-state index is -4.34. The zero-order chi connectivity index (χ0) is 21.5. The molecule has 5 nitrogen and oxygen atoms in total. The quantitative estimate of drug-likeness (QED) is 0.510. The van der Waals surface area contributed by atoms with Crippen LogP contribution in [-0.2, 0) is 18.4 Å². The van der Waals surface area contributed by atoms with Crippen molar-refractivity contribution in [3.63, 3.8) is 0 Å². The fourth-order valence-corrected chi connectivity index (χ4v) is 3.36. The van der Waals surface area contributed by atoms with Gasteiger partial charge in [-0.05, 0) is 17.7 Å². The van der Waals surface area contributed by atoms with Crippen LogP contribution in [0.1, 0.15) is 37.0 Å². The molecule has 0 spiro atoms.